The van der Waals surface area contributed by atoms with Crippen LogP contribution in [0.5, 0.6) is 0 Å². The van der Waals surface area contributed by atoms with Gasteiger partial charge < -0.3 is 9.80 Å². The van der Waals surface area contributed by atoms with E-state index in [1.54, 1.807) is 6.92 Å². The number of fused-ring (bicyclic) bond motifs is 1. The van der Waals surface area contributed by atoms with Gasteiger partial charge in [-0.25, -0.2) is 0 Å². The second-order valence-corrected chi connectivity index (χ2v) is 4.17. The van der Waals surface area contributed by atoms with Gasteiger partial charge in [-0.05, 0) is 18.9 Å². The van der Waals surface area contributed by atoms with E-state index in [0.717, 1.165) is 24.9 Å². The van der Waals surface area contributed by atoms with Gasteiger partial charge in [-0.15, -0.1) is 0 Å². The Morgan fingerprint density at radius 1 is 1.25 bits per heavy atom. The molecule has 0 aromatic rings. The summed E-state index contributed by atoms with van der Waals surface area (Å²) in [4.78, 5) is 15.4. The molecule has 0 saturated carbocycles. The largest absolute Gasteiger partial charge is 0.342 e. The van der Waals surface area contributed by atoms with Crippen LogP contribution in [0.3, 0.4) is 0 Å². The number of rotatable bonds is 0. The van der Waals surface area contributed by atoms with E-state index >= 15 is 0 Å². The molecule has 2 saturated heterocycles. The lowest BCUT2D eigenvalue weighted by Crippen LogP contribution is -2.30. The van der Waals surface area contributed by atoms with E-state index in [9.17, 15) is 4.79 Å². The summed E-state index contributed by atoms with van der Waals surface area (Å²) in [6, 6.07) is 0. The van der Waals surface area contributed by atoms with Crippen LogP contribution in [0.4, 0.5) is 0 Å². The molecule has 2 aliphatic heterocycles. The molecule has 3 nitrogen and oxygen atoms in total. The molecular weight excluding hydrogens is 152 g/mol. The van der Waals surface area contributed by atoms with Crippen molar-refractivity contribution < 1.29 is 6.22 Å². The third-order valence-electron chi connectivity index (χ3n) is 3.11. The molecule has 0 N–H and O–H groups in total. The lowest BCUT2D eigenvalue weighted by Gasteiger charge is -2.17. The summed E-state index contributed by atoms with van der Waals surface area (Å²) in [5.41, 5.74) is 0. The van der Waals surface area contributed by atoms with E-state index < -0.39 is 0 Å². The molecule has 0 radical (unpaired) electrons. The zero-order valence-corrected chi connectivity index (χ0v) is 7.79. The first-order chi connectivity index (χ1) is 5.66. The Hall–Kier alpha value is -0.570. The van der Waals surface area contributed by atoms with E-state index in [0.29, 0.717) is 0 Å². The zero-order chi connectivity index (χ0) is 8.72. The highest BCUT2D eigenvalue weighted by Crippen LogP contribution is 2.29. The minimum atomic E-state index is 0. The Kier molecular flexibility index (Phi) is 1.83. The van der Waals surface area contributed by atoms with Gasteiger partial charge in [0.1, 0.15) is 0 Å². The molecule has 1 amide bonds. The van der Waals surface area contributed by atoms with Gasteiger partial charge in [0, 0.05) is 34.5 Å². The SMILES string of the molecule is CC(=O)N1CC2CN(C)C[C@H]2C1.[HH]. The van der Waals surface area contributed by atoms with Gasteiger partial charge in [0.05, 0.1) is 0 Å². The number of likely N-dealkylation sites (tertiary alicyclic amines) is 2. The Bertz CT molecular complexity index is 196. The number of carbonyl (C=O) groups is 1. The summed E-state index contributed by atoms with van der Waals surface area (Å²) in [5.74, 6) is 1.74. The van der Waals surface area contributed by atoms with Crippen molar-refractivity contribution in [2.24, 2.45) is 11.8 Å². The van der Waals surface area contributed by atoms with Crippen molar-refractivity contribution in [2.75, 3.05) is 33.2 Å². The van der Waals surface area contributed by atoms with Crippen molar-refractivity contribution in [3.63, 3.8) is 0 Å². The lowest BCUT2D eigenvalue weighted by atomic mass is 10.0. The summed E-state index contributed by atoms with van der Waals surface area (Å²) < 4.78 is 0. The Morgan fingerprint density at radius 3 is 2.17 bits per heavy atom. The van der Waals surface area contributed by atoms with Gasteiger partial charge in [-0.1, -0.05) is 0 Å². The molecule has 3 heteroatoms. The molecule has 1 unspecified atom stereocenters. The third-order valence-corrected chi connectivity index (χ3v) is 3.11. The van der Waals surface area contributed by atoms with Crippen LogP contribution in [0.25, 0.3) is 0 Å². The lowest BCUT2D eigenvalue weighted by molar-refractivity contribution is -0.128. The van der Waals surface area contributed by atoms with Gasteiger partial charge in [0.25, 0.3) is 0 Å². The first-order valence-corrected chi connectivity index (χ1v) is 4.61. The Labute approximate surface area is 74.8 Å². The predicted molar refractivity (Wildman–Crippen MR) is 48.8 cm³/mol. The number of hydrogen-bond acceptors (Lipinski definition) is 2. The highest BCUT2D eigenvalue weighted by Gasteiger charge is 2.39. The number of hydrogen-bond donors (Lipinski definition) is 0. The summed E-state index contributed by atoms with van der Waals surface area (Å²) in [5, 5.41) is 0. The molecule has 0 aliphatic carbocycles. The molecule has 2 rings (SSSR count). The minimum Gasteiger partial charge on any atom is -0.342 e. The second kappa shape index (κ2) is 2.73. The number of amides is 1. The average molecular weight is 170 g/mol. The zero-order valence-electron chi connectivity index (χ0n) is 7.79. The first kappa shape index (κ1) is 8.05. The van der Waals surface area contributed by atoms with Crippen molar-refractivity contribution in [3.8, 4) is 0 Å². The summed E-state index contributed by atoms with van der Waals surface area (Å²) in [7, 11) is 2.16. The number of carbonyl (C=O) groups excluding carboxylic acids is 1. The standard InChI is InChI=1S/C9H16N2O.H2/c1-7(12)11-5-8-3-10(2)4-9(8)6-11;/h8-9H,3-6H2,1-2H3;1H/t8-,9?;/m0./s1. The number of nitrogens with zero attached hydrogens (tertiary/aromatic N) is 2. The minimum absolute atomic E-state index is 0. The van der Waals surface area contributed by atoms with Crippen molar-refractivity contribution >= 4 is 5.91 Å². The van der Waals surface area contributed by atoms with Crippen LogP contribution in [0.2, 0.25) is 0 Å². The van der Waals surface area contributed by atoms with Gasteiger partial charge in [0.15, 0.2) is 0 Å². The predicted octanol–water partition coefficient (Wildman–Crippen LogP) is 0.272. The normalized spacial score (nSPS) is 35.7. The van der Waals surface area contributed by atoms with E-state index in [4.69, 9.17) is 0 Å². The van der Waals surface area contributed by atoms with E-state index in [2.05, 4.69) is 11.9 Å². The van der Waals surface area contributed by atoms with Gasteiger partial charge in [-0.2, -0.15) is 0 Å². The average Bonchev–Trinajstić information content (AvgIpc) is 2.42. The molecule has 2 fully saturated rings. The smallest absolute Gasteiger partial charge is 0.219 e. The van der Waals surface area contributed by atoms with Crippen molar-refractivity contribution in [1.29, 1.82) is 0 Å². The maximum atomic E-state index is 11.1. The van der Waals surface area contributed by atoms with Crippen molar-refractivity contribution in [2.45, 2.75) is 6.92 Å². The Morgan fingerprint density at radius 2 is 1.75 bits per heavy atom. The topological polar surface area (TPSA) is 23.6 Å². The fourth-order valence-electron chi connectivity index (χ4n) is 2.48. The van der Waals surface area contributed by atoms with Gasteiger partial charge in [0.2, 0.25) is 5.91 Å². The highest BCUT2D eigenvalue weighted by atomic mass is 16.2. The molecule has 2 aliphatic rings. The maximum absolute atomic E-state index is 11.1. The van der Waals surface area contributed by atoms with Crippen LogP contribution in [0, 0.1) is 11.8 Å². The quantitative estimate of drug-likeness (QED) is 0.521. The first-order valence-electron chi connectivity index (χ1n) is 4.61. The van der Waals surface area contributed by atoms with Crippen LogP contribution in [0.15, 0.2) is 0 Å². The van der Waals surface area contributed by atoms with E-state index in [1.165, 1.54) is 13.1 Å². The molecule has 12 heavy (non-hydrogen) atoms. The molecule has 70 valence electrons. The van der Waals surface area contributed by atoms with Gasteiger partial charge >= 0.3 is 0 Å². The summed E-state index contributed by atoms with van der Waals surface area (Å²) in [6.45, 7) is 6.00. The van der Waals surface area contributed by atoms with Crippen LogP contribution in [0.1, 0.15) is 8.35 Å². The maximum Gasteiger partial charge on any atom is 0.219 e. The summed E-state index contributed by atoms with van der Waals surface area (Å²) >= 11 is 0. The van der Waals surface area contributed by atoms with E-state index in [1.807, 2.05) is 4.90 Å². The Balaban J connectivity index is 0.000000845. The molecule has 0 aromatic carbocycles. The molecule has 0 spiro atoms. The monoisotopic (exact) mass is 170 g/mol. The molecule has 2 atom stereocenters. The molecule has 0 aromatic heterocycles. The highest BCUT2D eigenvalue weighted by molar-refractivity contribution is 5.73. The van der Waals surface area contributed by atoms with E-state index in [-0.39, 0.29) is 7.33 Å². The second-order valence-electron chi connectivity index (χ2n) is 4.17. The van der Waals surface area contributed by atoms with Crippen LogP contribution < -0.4 is 0 Å². The summed E-state index contributed by atoms with van der Waals surface area (Å²) in [6.07, 6.45) is 0. The molecule has 2 heterocycles. The third kappa shape index (κ3) is 1.22. The van der Waals surface area contributed by atoms with Crippen LogP contribution in [-0.2, 0) is 4.79 Å². The van der Waals surface area contributed by atoms with Crippen LogP contribution in [-0.4, -0.2) is 48.9 Å². The van der Waals surface area contributed by atoms with Crippen LogP contribution >= 0.6 is 0 Å². The molecule has 0 bridgehead atoms. The van der Waals surface area contributed by atoms with Gasteiger partial charge in [-0.3, -0.25) is 4.79 Å². The van der Waals surface area contributed by atoms with Crippen molar-refractivity contribution in [3.05, 3.63) is 0 Å². The fraction of sp³-hybridized carbons (Fsp3) is 0.889. The molecular formula is C9H18N2O. The fourth-order valence-corrected chi connectivity index (χ4v) is 2.48. The van der Waals surface area contributed by atoms with Crippen molar-refractivity contribution in [1.82, 2.24) is 9.80 Å².